The number of halogens is 4. The molecular formula is C30H37Cl3FN7O4. The highest BCUT2D eigenvalue weighted by molar-refractivity contribution is 6.42. The number of aromatic nitrogens is 2. The van der Waals surface area contributed by atoms with Gasteiger partial charge in [0.25, 0.3) is 0 Å². The molecule has 1 unspecified atom stereocenters. The Hall–Kier alpha value is -3.45. The van der Waals surface area contributed by atoms with E-state index in [2.05, 4.69) is 31.2 Å². The lowest BCUT2D eigenvalue weighted by molar-refractivity contribution is -0.143. The molecule has 0 aliphatic carbocycles. The number of rotatable bonds is 9. The first kappa shape index (κ1) is 36.0. The van der Waals surface area contributed by atoms with Crippen LogP contribution in [0.25, 0.3) is 10.9 Å². The van der Waals surface area contributed by atoms with Crippen LogP contribution >= 0.6 is 35.6 Å². The van der Waals surface area contributed by atoms with E-state index in [1.54, 1.807) is 26.1 Å². The number of carbonyl (C=O) groups is 3. The number of amides is 3. The van der Waals surface area contributed by atoms with Gasteiger partial charge in [-0.2, -0.15) is 0 Å². The predicted octanol–water partition coefficient (Wildman–Crippen LogP) is 5.32. The van der Waals surface area contributed by atoms with E-state index in [1.165, 1.54) is 30.5 Å². The van der Waals surface area contributed by atoms with Crippen LogP contribution in [0, 0.1) is 11.2 Å². The first-order valence-corrected chi connectivity index (χ1v) is 14.8. The van der Waals surface area contributed by atoms with Gasteiger partial charge in [0.2, 0.25) is 17.7 Å². The SMILES string of the molecule is CN[C@@H](C)C(=O)N[C@H](C(=O)N1CCCC1C(=O)Nc1cc2c(Nc3ccc(Cl)c(Cl)c3F)ncnc2cc1OC)C(C)(C)C.Cl. The fourth-order valence-corrected chi connectivity index (χ4v) is 5.24. The molecule has 11 nitrogen and oxygen atoms in total. The predicted molar refractivity (Wildman–Crippen MR) is 176 cm³/mol. The summed E-state index contributed by atoms with van der Waals surface area (Å²) in [5.41, 5.74) is 0.212. The Bertz CT molecular complexity index is 1590. The Morgan fingerprint density at radius 2 is 1.84 bits per heavy atom. The van der Waals surface area contributed by atoms with Crippen LogP contribution in [0.15, 0.2) is 30.6 Å². The number of fused-ring (bicyclic) bond motifs is 1. The molecular weight excluding hydrogens is 648 g/mol. The summed E-state index contributed by atoms with van der Waals surface area (Å²) in [5, 5.41) is 11.8. The smallest absolute Gasteiger partial charge is 0.247 e. The molecule has 3 amide bonds. The van der Waals surface area contributed by atoms with Gasteiger partial charge in [-0.3, -0.25) is 14.4 Å². The van der Waals surface area contributed by atoms with Crippen LogP contribution in [0.5, 0.6) is 5.75 Å². The fraction of sp³-hybridized carbons (Fsp3) is 0.433. The minimum absolute atomic E-state index is 0. The topological polar surface area (TPSA) is 138 Å². The number of anilines is 3. The minimum atomic E-state index is -0.845. The molecule has 0 bridgehead atoms. The third-order valence-electron chi connectivity index (χ3n) is 7.57. The van der Waals surface area contributed by atoms with Crippen LogP contribution in [-0.4, -0.2) is 71.4 Å². The maximum atomic E-state index is 14.8. The lowest BCUT2D eigenvalue weighted by Gasteiger charge is -2.36. The molecule has 4 rings (SSSR count). The number of likely N-dealkylation sites (N-methyl/N-ethyl adjacent to an activating group) is 1. The van der Waals surface area contributed by atoms with Crippen LogP contribution in [-0.2, 0) is 14.4 Å². The lowest BCUT2D eigenvalue weighted by Crippen LogP contribution is -2.59. The second-order valence-corrected chi connectivity index (χ2v) is 12.4. The Balaban J connectivity index is 0.00000552. The van der Waals surface area contributed by atoms with Crippen molar-refractivity contribution in [1.82, 2.24) is 25.5 Å². The summed E-state index contributed by atoms with van der Waals surface area (Å²) < 4.78 is 20.3. The highest BCUT2D eigenvalue weighted by atomic mass is 35.5. The number of nitrogens with zero attached hydrogens (tertiary/aromatic N) is 3. The molecule has 0 radical (unpaired) electrons. The molecule has 244 valence electrons. The van der Waals surface area contributed by atoms with E-state index in [4.69, 9.17) is 27.9 Å². The van der Waals surface area contributed by atoms with Gasteiger partial charge >= 0.3 is 0 Å². The molecule has 1 saturated heterocycles. The first-order valence-electron chi connectivity index (χ1n) is 14.1. The van der Waals surface area contributed by atoms with Crippen molar-refractivity contribution in [2.75, 3.05) is 31.3 Å². The van der Waals surface area contributed by atoms with E-state index in [9.17, 15) is 18.8 Å². The average Bonchev–Trinajstić information content (AvgIpc) is 3.49. The molecule has 15 heteroatoms. The number of likely N-dealkylation sites (tertiary alicyclic amines) is 1. The van der Waals surface area contributed by atoms with Crippen molar-refractivity contribution in [2.24, 2.45) is 5.41 Å². The summed E-state index contributed by atoms with van der Waals surface area (Å²) in [6, 6.07) is 4.00. The van der Waals surface area contributed by atoms with Gasteiger partial charge in [0.1, 0.15) is 30.0 Å². The summed E-state index contributed by atoms with van der Waals surface area (Å²) in [7, 11) is 3.12. The first-order chi connectivity index (χ1) is 20.8. The summed E-state index contributed by atoms with van der Waals surface area (Å²) >= 11 is 11.9. The van der Waals surface area contributed by atoms with E-state index < -0.39 is 35.3 Å². The maximum Gasteiger partial charge on any atom is 0.247 e. The Morgan fingerprint density at radius 3 is 2.49 bits per heavy atom. The van der Waals surface area contributed by atoms with Crippen LogP contribution in [0.2, 0.25) is 10.0 Å². The molecule has 4 N–H and O–H groups in total. The molecule has 0 spiro atoms. The van der Waals surface area contributed by atoms with E-state index in [-0.39, 0.29) is 45.8 Å². The molecule has 3 aromatic rings. The van der Waals surface area contributed by atoms with Crippen LogP contribution in [0.1, 0.15) is 40.5 Å². The number of nitrogens with one attached hydrogen (secondary N) is 4. The zero-order chi connectivity index (χ0) is 32.3. The highest BCUT2D eigenvalue weighted by Crippen LogP contribution is 2.36. The third-order valence-corrected chi connectivity index (χ3v) is 8.35. The zero-order valence-corrected chi connectivity index (χ0v) is 28.1. The van der Waals surface area contributed by atoms with Crippen LogP contribution in [0.4, 0.5) is 21.6 Å². The molecule has 1 aliphatic heterocycles. The molecule has 3 atom stereocenters. The monoisotopic (exact) mass is 683 g/mol. The number of hydrogen-bond donors (Lipinski definition) is 4. The van der Waals surface area contributed by atoms with Crippen LogP contribution < -0.4 is 26.0 Å². The van der Waals surface area contributed by atoms with Gasteiger partial charge < -0.3 is 30.9 Å². The minimum Gasteiger partial charge on any atom is -0.494 e. The molecule has 0 saturated carbocycles. The Morgan fingerprint density at radius 1 is 1.13 bits per heavy atom. The molecule has 45 heavy (non-hydrogen) atoms. The van der Waals surface area contributed by atoms with Gasteiger partial charge in [-0.05, 0) is 50.4 Å². The number of hydrogen-bond acceptors (Lipinski definition) is 8. The van der Waals surface area contributed by atoms with Crippen LogP contribution in [0.3, 0.4) is 0 Å². The van der Waals surface area contributed by atoms with Crippen molar-refractivity contribution in [3.05, 3.63) is 46.5 Å². The average molecular weight is 685 g/mol. The van der Waals surface area contributed by atoms with Gasteiger partial charge in [0.05, 0.1) is 40.1 Å². The third kappa shape index (κ3) is 7.86. The number of benzene rings is 2. The lowest BCUT2D eigenvalue weighted by atomic mass is 9.85. The van der Waals surface area contributed by atoms with Crippen molar-refractivity contribution in [1.29, 1.82) is 0 Å². The summed E-state index contributed by atoms with van der Waals surface area (Å²) in [6.45, 7) is 7.66. The van der Waals surface area contributed by atoms with Crippen molar-refractivity contribution < 1.29 is 23.5 Å². The second-order valence-electron chi connectivity index (χ2n) is 11.6. The normalized spacial score (nSPS) is 16.0. The standard InChI is InChI=1S/C30H36Cl2FN7O4.ClH/c1-15(34-5)27(41)39-25(30(2,3)4)29(43)40-11-7-8-21(40)28(42)38-20-12-16-19(13-22(20)44-6)35-14-36-26(16)37-18-10-9-17(31)23(32)24(18)33;/h9-10,12-15,21,25,34H,7-8,11H2,1-6H3,(H,38,42)(H,39,41)(H,35,36,37);1H/t15-,21?,25+;/m0./s1. The van der Waals surface area contributed by atoms with E-state index in [1.807, 2.05) is 20.8 Å². The maximum absolute atomic E-state index is 14.8. The quantitative estimate of drug-likeness (QED) is 0.223. The van der Waals surface area contributed by atoms with Gasteiger partial charge in [-0.25, -0.2) is 14.4 Å². The molecule has 2 heterocycles. The van der Waals surface area contributed by atoms with E-state index >= 15 is 0 Å². The Kier molecular flexibility index (Phi) is 11.8. The summed E-state index contributed by atoms with van der Waals surface area (Å²) in [6.07, 6.45) is 2.37. The highest BCUT2D eigenvalue weighted by Gasteiger charge is 2.42. The second kappa shape index (κ2) is 14.8. The van der Waals surface area contributed by atoms with Crippen molar-refractivity contribution >= 4 is 81.4 Å². The summed E-state index contributed by atoms with van der Waals surface area (Å²) in [5.74, 6) is -1.23. The number of ether oxygens (including phenoxy) is 1. The molecule has 1 fully saturated rings. The van der Waals surface area contributed by atoms with E-state index in [0.29, 0.717) is 41.7 Å². The van der Waals surface area contributed by atoms with Crippen molar-refractivity contribution in [2.45, 2.75) is 58.7 Å². The number of carbonyl (C=O) groups excluding carboxylic acids is 3. The molecule has 2 aromatic carbocycles. The molecule has 1 aromatic heterocycles. The molecule has 1 aliphatic rings. The largest absolute Gasteiger partial charge is 0.494 e. The van der Waals surface area contributed by atoms with Crippen molar-refractivity contribution in [3.8, 4) is 5.75 Å². The Labute approximate surface area is 277 Å². The van der Waals surface area contributed by atoms with Gasteiger partial charge in [-0.15, -0.1) is 12.4 Å². The van der Waals surface area contributed by atoms with E-state index in [0.717, 1.165) is 0 Å². The van der Waals surface area contributed by atoms with Gasteiger partial charge in [-0.1, -0.05) is 44.0 Å². The van der Waals surface area contributed by atoms with Gasteiger partial charge in [0, 0.05) is 18.0 Å². The van der Waals surface area contributed by atoms with Crippen molar-refractivity contribution in [3.63, 3.8) is 0 Å². The zero-order valence-electron chi connectivity index (χ0n) is 25.8. The fourth-order valence-electron chi connectivity index (χ4n) is 4.93. The van der Waals surface area contributed by atoms with Gasteiger partial charge in [0.15, 0.2) is 5.82 Å². The summed E-state index contributed by atoms with van der Waals surface area (Å²) in [4.78, 5) is 50.3. The number of methoxy groups -OCH3 is 1.